The van der Waals surface area contributed by atoms with Crippen LogP contribution in [0.15, 0.2) is 29.2 Å². The number of methoxy groups -OCH3 is 1. The van der Waals surface area contributed by atoms with Gasteiger partial charge in [-0.05, 0) is 13.0 Å². The van der Waals surface area contributed by atoms with E-state index >= 15 is 0 Å². The van der Waals surface area contributed by atoms with Gasteiger partial charge in [0.1, 0.15) is 5.82 Å². The van der Waals surface area contributed by atoms with Crippen molar-refractivity contribution in [2.24, 2.45) is 0 Å². The van der Waals surface area contributed by atoms with Crippen LogP contribution in [-0.4, -0.2) is 33.9 Å². The van der Waals surface area contributed by atoms with E-state index in [1.807, 2.05) is 0 Å². The first-order chi connectivity index (χ1) is 11.8. The molecule has 2 rings (SSSR count). The quantitative estimate of drug-likeness (QED) is 0.460. The van der Waals surface area contributed by atoms with Gasteiger partial charge in [-0.1, -0.05) is 0 Å². The van der Waals surface area contributed by atoms with Crippen LogP contribution in [0.4, 0.5) is 5.69 Å². The minimum Gasteiger partial charge on any atom is -0.465 e. The Morgan fingerprint density at radius 1 is 1.32 bits per heavy atom. The summed E-state index contributed by atoms with van der Waals surface area (Å²) in [5.74, 6) is -1.06. The number of nitro benzene ring substituents is 1. The Balaban J connectivity index is 2.25. The van der Waals surface area contributed by atoms with Gasteiger partial charge < -0.3 is 15.0 Å². The molecule has 25 heavy (non-hydrogen) atoms. The second-order valence-corrected chi connectivity index (χ2v) is 5.02. The smallest absolute Gasteiger partial charge is 0.338 e. The zero-order valence-corrected chi connectivity index (χ0v) is 13.4. The number of nitrogens with one attached hydrogen (secondary N) is 2. The highest BCUT2D eigenvalue weighted by atomic mass is 16.6. The molecule has 0 aliphatic carbocycles. The number of carbonyl (C=O) groups is 2. The maximum atomic E-state index is 12.2. The van der Waals surface area contributed by atoms with Crippen LogP contribution < -0.4 is 10.9 Å². The van der Waals surface area contributed by atoms with Gasteiger partial charge in [0.2, 0.25) is 0 Å². The fourth-order valence-corrected chi connectivity index (χ4v) is 2.00. The van der Waals surface area contributed by atoms with Crippen molar-refractivity contribution in [3.8, 4) is 0 Å². The second kappa shape index (κ2) is 7.34. The summed E-state index contributed by atoms with van der Waals surface area (Å²) in [6.07, 6.45) is 1.32. The van der Waals surface area contributed by atoms with Gasteiger partial charge >= 0.3 is 5.97 Å². The Kier molecular flexibility index (Phi) is 5.22. The summed E-state index contributed by atoms with van der Waals surface area (Å²) in [5.41, 5.74) is -0.842. The number of benzene rings is 1. The lowest BCUT2D eigenvalue weighted by atomic mass is 10.1. The number of aryl methyl sites for hydroxylation is 1. The van der Waals surface area contributed by atoms with Crippen LogP contribution >= 0.6 is 0 Å². The van der Waals surface area contributed by atoms with Crippen LogP contribution in [0.25, 0.3) is 0 Å². The largest absolute Gasteiger partial charge is 0.465 e. The third kappa shape index (κ3) is 4.25. The maximum absolute atomic E-state index is 12.2. The van der Waals surface area contributed by atoms with Crippen molar-refractivity contribution < 1.29 is 19.2 Å². The first kappa shape index (κ1) is 17.8. The fraction of sp³-hybridized carbons (Fsp3) is 0.200. The highest BCUT2D eigenvalue weighted by molar-refractivity contribution is 5.98. The zero-order valence-electron chi connectivity index (χ0n) is 13.4. The molecule has 0 atom stereocenters. The third-order valence-corrected chi connectivity index (χ3v) is 3.25. The molecule has 0 unspecified atom stereocenters. The molecule has 1 amide bonds. The van der Waals surface area contributed by atoms with E-state index in [0.29, 0.717) is 5.82 Å². The van der Waals surface area contributed by atoms with Gasteiger partial charge in [0.15, 0.2) is 0 Å². The van der Waals surface area contributed by atoms with Crippen molar-refractivity contribution in [1.29, 1.82) is 0 Å². The molecular formula is C15H14N4O6. The lowest BCUT2D eigenvalue weighted by molar-refractivity contribution is -0.384. The van der Waals surface area contributed by atoms with E-state index < -0.39 is 28.0 Å². The molecule has 0 spiro atoms. The van der Waals surface area contributed by atoms with E-state index in [-0.39, 0.29) is 23.2 Å². The summed E-state index contributed by atoms with van der Waals surface area (Å²) in [7, 11) is 1.12. The van der Waals surface area contributed by atoms with E-state index in [1.165, 1.54) is 12.3 Å². The van der Waals surface area contributed by atoms with Crippen molar-refractivity contribution in [3.63, 3.8) is 0 Å². The number of rotatable bonds is 5. The highest BCUT2D eigenvalue weighted by Crippen LogP contribution is 2.18. The molecular weight excluding hydrogens is 332 g/mol. The van der Waals surface area contributed by atoms with Crippen LogP contribution in [0.5, 0.6) is 0 Å². The van der Waals surface area contributed by atoms with Crippen LogP contribution in [0.3, 0.4) is 0 Å². The number of amides is 1. The van der Waals surface area contributed by atoms with Crippen LogP contribution in [-0.2, 0) is 11.3 Å². The van der Waals surface area contributed by atoms with Gasteiger partial charge in [0.05, 0.1) is 29.7 Å². The molecule has 0 aliphatic rings. The van der Waals surface area contributed by atoms with Crippen molar-refractivity contribution in [3.05, 3.63) is 67.4 Å². The van der Waals surface area contributed by atoms with E-state index in [9.17, 15) is 24.5 Å². The number of esters is 1. The first-order valence-corrected chi connectivity index (χ1v) is 7.02. The molecule has 1 aromatic heterocycles. The summed E-state index contributed by atoms with van der Waals surface area (Å²) in [6.45, 7) is 1.49. The van der Waals surface area contributed by atoms with Crippen LogP contribution in [0, 0.1) is 17.0 Å². The molecule has 10 heteroatoms. The molecule has 0 radical (unpaired) electrons. The first-order valence-electron chi connectivity index (χ1n) is 7.02. The number of aromatic nitrogens is 2. The van der Waals surface area contributed by atoms with E-state index in [4.69, 9.17) is 0 Å². The average Bonchev–Trinajstić information content (AvgIpc) is 2.59. The number of nitrogens with zero attached hydrogens (tertiary/aromatic N) is 2. The van der Waals surface area contributed by atoms with Crippen molar-refractivity contribution >= 4 is 17.6 Å². The topological polar surface area (TPSA) is 144 Å². The predicted molar refractivity (Wildman–Crippen MR) is 85.2 cm³/mol. The minimum absolute atomic E-state index is 0.105. The Labute approximate surface area is 141 Å². The molecule has 1 aromatic carbocycles. The molecule has 0 saturated heterocycles. The summed E-state index contributed by atoms with van der Waals surface area (Å²) in [4.78, 5) is 52.2. The predicted octanol–water partition coefficient (Wildman–Crippen LogP) is 0.703. The van der Waals surface area contributed by atoms with E-state index in [0.717, 1.165) is 19.2 Å². The molecule has 2 aromatic rings. The number of carbonyl (C=O) groups excluding carboxylic acids is 2. The van der Waals surface area contributed by atoms with E-state index in [1.54, 1.807) is 6.92 Å². The molecule has 0 aliphatic heterocycles. The number of nitro groups is 1. The van der Waals surface area contributed by atoms with Gasteiger partial charge in [0.25, 0.3) is 17.2 Å². The van der Waals surface area contributed by atoms with Gasteiger partial charge in [-0.15, -0.1) is 0 Å². The van der Waals surface area contributed by atoms with Crippen molar-refractivity contribution in [1.82, 2.24) is 15.3 Å². The summed E-state index contributed by atoms with van der Waals surface area (Å²) < 4.78 is 4.51. The van der Waals surface area contributed by atoms with Crippen LogP contribution in [0.1, 0.15) is 32.1 Å². The third-order valence-electron chi connectivity index (χ3n) is 3.25. The van der Waals surface area contributed by atoms with Crippen molar-refractivity contribution in [2.75, 3.05) is 7.11 Å². The second-order valence-electron chi connectivity index (χ2n) is 5.02. The molecule has 10 nitrogen and oxygen atoms in total. The number of H-pyrrole nitrogens is 1. The Morgan fingerprint density at radius 3 is 2.60 bits per heavy atom. The van der Waals surface area contributed by atoms with Crippen molar-refractivity contribution in [2.45, 2.75) is 13.5 Å². The summed E-state index contributed by atoms with van der Waals surface area (Å²) >= 11 is 0. The number of hydrogen-bond donors (Lipinski definition) is 2. The Morgan fingerprint density at radius 2 is 2.00 bits per heavy atom. The minimum atomic E-state index is -0.808. The van der Waals surface area contributed by atoms with E-state index in [2.05, 4.69) is 20.0 Å². The maximum Gasteiger partial charge on any atom is 0.338 e. The molecule has 130 valence electrons. The Hall–Kier alpha value is -3.56. The lowest BCUT2D eigenvalue weighted by Crippen LogP contribution is -2.27. The monoisotopic (exact) mass is 346 g/mol. The lowest BCUT2D eigenvalue weighted by Gasteiger charge is -2.07. The van der Waals surface area contributed by atoms with Gasteiger partial charge in [-0.2, -0.15) is 0 Å². The Bertz CT molecular complexity index is 905. The average molecular weight is 346 g/mol. The van der Waals surface area contributed by atoms with Gasteiger partial charge in [0, 0.05) is 23.9 Å². The summed E-state index contributed by atoms with van der Waals surface area (Å²) in [5, 5.41) is 13.4. The number of hydrogen-bond acceptors (Lipinski definition) is 7. The van der Waals surface area contributed by atoms with Crippen LogP contribution in [0.2, 0.25) is 0 Å². The number of non-ortho nitro benzene ring substituents is 1. The fourth-order valence-electron chi connectivity index (χ4n) is 2.00. The normalized spacial score (nSPS) is 10.2. The molecule has 2 N–H and O–H groups in total. The molecule has 0 bridgehead atoms. The number of ether oxygens (including phenoxy) is 1. The van der Waals surface area contributed by atoms with Gasteiger partial charge in [-0.3, -0.25) is 19.7 Å². The number of aromatic amines is 1. The van der Waals surface area contributed by atoms with Gasteiger partial charge in [-0.25, -0.2) is 9.78 Å². The SMILES string of the molecule is COC(=O)c1cc(C(=O)NCc2cnc(C)[nH]c2=O)cc([N+](=O)[O-])c1. The molecule has 0 fully saturated rings. The highest BCUT2D eigenvalue weighted by Gasteiger charge is 2.18. The zero-order chi connectivity index (χ0) is 18.6. The molecule has 1 heterocycles. The standard InChI is InChI=1S/C15H14N4O6/c1-8-16-6-11(14(21)18-8)7-17-13(20)9-3-10(15(22)25-2)5-12(4-9)19(23)24/h3-6H,7H2,1-2H3,(H,17,20)(H,16,18,21). The molecule has 0 saturated carbocycles. The summed E-state index contributed by atoms with van der Waals surface area (Å²) in [6, 6.07) is 3.21.